The molecule has 0 saturated heterocycles. The highest BCUT2D eigenvalue weighted by Crippen LogP contribution is 2.29. The second-order valence-electron chi connectivity index (χ2n) is 9.86. The van der Waals surface area contributed by atoms with Gasteiger partial charge in [-0.2, -0.15) is 18.1 Å². The lowest BCUT2D eigenvalue weighted by molar-refractivity contribution is -0.137. The van der Waals surface area contributed by atoms with Crippen molar-refractivity contribution in [1.29, 1.82) is 0 Å². The van der Waals surface area contributed by atoms with E-state index in [0.29, 0.717) is 18.7 Å². The van der Waals surface area contributed by atoms with Gasteiger partial charge in [0.05, 0.1) is 5.56 Å². The molecular weight excluding hydrogens is 485 g/mol. The average Bonchev–Trinajstić information content (AvgIpc) is 2.91. The van der Waals surface area contributed by atoms with E-state index >= 15 is 0 Å². The molecule has 0 unspecified atom stereocenters. The maximum absolute atomic E-state index is 12.8. The van der Waals surface area contributed by atoms with Gasteiger partial charge in [-0.05, 0) is 61.7 Å². The second-order valence-corrected chi connectivity index (χ2v) is 9.86. The predicted molar refractivity (Wildman–Crippen MR) is 149 cm³/mol. The van der Waals surface area contributed by atoms with Crippen molar-refractivity contribution in [2.24, 2.45) is 0 Å². The highest BCUT2D eigenvalue weighted by molar-refractivity contribution is 6.04. The van der Waals surface area contributed by atoms with E-state index in [1.807, 2.05) is 43.3 Å². The van der Waals surface area contributed by atoms with Crippen LogP contribution >= 0.6 is 0 Å². The number of benzene rings is 3. The number of nitrogens with zero attached hydrogens (tertiary/aromatic N) is 1. The molecule has 1 amide bonds. The summed E-state index contributed by atoms with van der Waals surface area (Å²) in [6.45, 7) is 6.18. The van der Waals surface area contributed by atoms with Crippen LogP contribution in [-0.2, 0) is 25.7 Å². The molecule has 1 N–H and O–H groups in total. The summed E-state index contributed by atoms with van der Waals surface area (Å²) in [6.07, 6.45) is 4.41. The van der Waals surface area contributed by atoms with Crippen molar-refractivity contribution in [2.75, 3.05) is 11.9 Å². The molecule has 0 saturated carbocycles. The maximum Gasteiger partial charge on any atom is 0.416 e. The molecule has 3 nitrogen and oxygen atoms in total. The number of halogens is 3. The van der Waals surface area contributed by atoms with Crippen LogP contribution < -0.4 is 10.2 Å². The zero-order chi connectivity index (χ0) is 27.4. The third-order valence-electron chi connectivity index (χ3n) is 6.79. The Labute approximate surface area is 225 Å². The summed E-state index contributed by atoms with van der Waals surface area (Å²) in [7, 11) is 0. The number of aryl methyl sites for hydroxylation is 1. The minimum atomic E-state index is -4.33. The largest absolute Gasteiger partial charge is 0.416 e. The number of carbonyl (C=O) groups is 1. The standard InChI is InChI=1S/C32H39F3N2O/c1-3-5-6-7-8-9-10-25-15-21-30(22-16-25)36-31(38)28-17-11-26(12-18-28)23-37(4-2)24-27-13-19-29(20-14-27)32(33,34)35/h11-22H,3-10,23-24H2,1-2H3,(H,36,38)/q+1. The summed E-state index contributed by atoms with van der Waals surface area (Å²) in [6, 6.07) is 20.9. The Hall–Kier alpha value is -3.12. The number of hydrogen-bond donors (Lipinski definition) is 1. The molecule has 3 aromatic carbocycles. The van der Waals surface area contributed by atoms with Gasteiger partial charge in [0.2, 0.25) is 0 Å². The fourth-order valence-electron chi connectivity index (χ4n) is 4.42. The van der Waals surface area contributed by atoms with Crippen molar-refractivity contribution < 1.29 is 18.0 Å². The molecule has 0 bridgehead atoms. The van der Waals surface area contributed by atoms with Gasteiger partial charge < -0.3 is 5.32 Å². The normalized spacial score (nSPS) is 11.6. The fraction of sp³-hybridized carbons (Fsp3) is 0.406. The Morgan fingerprint density at radius 2 is 1.24 bits per heavy atom. The smallest absolute Gasteiger partial charge is 0.322 e. The van der Waals surface area contributed by atoms with Gasteiger partial charge in [-0.25, -0.2) is 0 Å². The van der Waals surface area contributed by atoms with Crippen LogP contribution in [0.5, 0.6) is 0 Å². The molecule has 1 radical (unpaired) electrons. The van der Waals surface area contributed by atoms with E-state index in [1.165, 1.54) is 56.2 Å². The summed E-state index contributed by atoms with van der Waals surface area (Å²) < 4.78 is 38.4. The van der Waals surface area contributed by atoms with Gasteiger partial charge in [0.1, 0.15) is 19.6 Å². The maximum atomic E-state index is 12.8. The molecule has 0 aliphatic carbocycles. The predicted octanol–water partition coefficient (Wildman–Crippen LogP) is 8.72. The molecule has 0 heterocycles. The number of nitrogens with one attached hydrogen (secondary N) is 1. The van der Waals surface area contributed by atoms with Gasteiger partial charge in [0.15, 0.2) is 0 Å². The van der Waals surface area contributed by atoms with Gasteiger partial charge in [0.25, 0.3) is 5.91 Å². The Morgan fingerprint density at radius 1 is 0.711 bits per heavy atom. The molecule has 0 atom stereocenters. The van der Waals surface area contributed by atoms with Crippen LogP contribution in [-0.4, -0.2) is 12.5 Å². The third kappa shape index (κ3) is 9.64. The van der Waals surface area contributed by atoms with Crippen LogP contribution in [0, 0.1) is 0 Å². The van der Waals surface area contributed by atoms with Gasteiger partial charge >= 0.3 is 6.18 Å². The Bertz CT molecular complexity index is 1110. The van der Waals surface area contributed by atoms with Gasteiger partial charge in [-0.15, -0.1) is 0 Å². The van der Waals surface area contributed by atoms with E-state index in [9.17, 15) is 18.0 Å². The molecule has 3 rings (SSSR count). The first-order valence-electron chi connectivity index (χ1n) is 13.7. The van der Waals surface area contributed by atoms with Crippen LogP contribution in [0.25, 0.3) is 0 Å². The number of hydrogen-bond acceptors (Lipinski definition) is 2. The lowest BCUT2D eigenvalue weighted by atomic mass is 10.0. The first-order valence-corrected chi connectivity index (χ1v) is 13.7. The zero-order valence-corrected chi connectivity index (χ0v) is 22.5. The fourth-order valence-corrected chi connectivity index (χ4v) is 4.42. The SMILES string of the molecule is CCCCCCCCc1ccc(NC(=O)c2ccc(C[N+](CC)Cc3ccc(C(F)(F)F)cc3)cc2)cc1. The number of rotatable bonds is 14. The van der Waals surface area contributed by atoms with Crippen molar-refractivity contribution in [3.8, 4) is 0 Å². The van der Waals surface area contributed by atoms with Crippen molar-refractivity contribution in [1.82, 2.24) is 4.90 Å². The van der Waals surface area contributed by atoms with Crippen LogP contribution in [0.3, 0.4) is 0 Å². The Balaban J connectivity index is 1.47. The molecule has 0 spiro atoms. The van der Waals surface area contributed by atoms with E-state index in [0.717, 1.165) is 41.9 Å². The Kier molecular flexibility index (Phi) is 11.4. The summed E-state index contributed by atoms with van der Waals surface area (Å²) in [4.78, 5) is 14.9. The molecular formula is C32H39F3N2O+. The highest BCUT2D eigenvalue weighted by atomic mass is 19.4. The van der Waals surface area contributed by atoms with E-state index in [1.54, 1.807) is 0 Å². The van der Waals surface area contributed by atoms with Crippen molar-refractivity contribution >= 4 is 11.6 Å². The summed E-state index contributed by atoms with van der Waals surface area (Å²) in [5.41, 5.74) is 3.88. The monoisotopic (exact) mass is 524 g/mol. The minimum absolute atomic E-state index is 0.155. The van der Waals surface area contributed by atoms with E-state index in [2.05, 4.69) is 29.3 Å². The van der Waals surface area contributed by atoms with Gasteiger partial charge in [-0.3, -0.25) is 4.79 Å². The molecule has 203 valence electrons. The number of carbonyl (C=O) groups excluding carboxylic acids is 1. The van der Waals surface area contributed by atoms with Gasteiger partial charge in [0, 0.05) is 22.4 Å². The zero-order valence-electron chi connectivity index (χ0n) is 22.5. The van der Waals surface area contributed by atoms with Crippen LogP contribution in [0.2, 0.25) is 0 Å². The quantitative estimate of drug-likeness (QED) is 0.166. The second kappa shape index (κ2) is 14.7. The lowest BCUT2D eigenvalue weighted by Gasteiger charge is -2.12. The number of anilines is 1. The molecule has 0 aliphatic rings. The summed E-state index contributed by atoms with van der Waals surface area (Å²) in [5, 5.41) is 2.97. The van der Waals surface area contributed by atoms with E-state index < -0.39 is 11.7 Å². The number of amides is 1. The third-order valence-corrected chi connectivity index (χ3v) is 6.79. The topological polar surface area (TPSA) is 35.0 Å². The number of alkyl halides is 3. The van der Waals surface area contributed by atoms with Crippen LogP contribution in [0.15, 0.2) is 72.8 Å². The lowest BCUT2D eigenvalue weighted by Crippen LogP contribution is -2.28. The highest BCUT2D eigenvalue weighted by Gasteiger charge is 2.30. The van der Waals surface area contributed by atoms with E-state index in [4.69, 9.17) is 0 Å². The van der Waals surface area contributed by atoms with Crippen molar-refractivity contribution in [3.05, 3.63) is 101 Å². The average molecular weight is 525 g/mol. The first-order chi connectivity index (χ1) is 18.3. The molecule has 0 fully saturated rings. The Morgan fingerprint density at radius 3 is 1.79 bits per heavy atom. The molecule has 0 aliphatic heterocycles. The van der Waals surface area contributed by atoms with Crippen molar-refractivity contribution in [2.45, 2.75) is 78.1 Å². The van der Waals surface area contributed by atoms with Crippen LogP contribution in [0.1, 0.15) is 85.0 Å². The van der Waals surface area contributed by atoms with Crippen LogP contribution in [0.4, 0.5) is 18.9 Å². The van der Waals surface area contributed by atoms with Crippen molar-refractivity contribution in [3.63, 3.8) is 0 Å². The summed E-state index contributed by atoms with van der Waals surface area (Å²) >= 11 is 0. The molecule has 0 aromatic heterocycles. The van der Waals surface area contributed by atoms with Gasteiger partial charge in [-0.1, -0.05) is 75.4 Å². The summed E-state index contributed by atoms with van der Waals surface area (Å²) in [5.74, 6) is -0.155. The molecule has 38 heavy (non-hydrogen) atoms. The molecule has 3 aromatic rings. The molecule has 6 heteroatoms. The first kappa shape index (κ1) is 29.4. The minimum Gasteiger partial charge on any atom is -0.322 e. The van der Waals surface area contributed by atoms with E-state index in [-0.39, 0.29) is 5.91 Å². The number of unbranched alkanes of at least 4 members (excludes halogenated alkanes) is 5.